The third-order valence-electron chi connectivity index (χ3n) is 4.64. The smallest absolute Gasteiger partial charge is 0.270 e. The first-order valence-electron chi connectivity index (χ1n) is 9.15. The fraction of sp³-hybridized carbons (Fsp3) is 0.200. The molecule has 0 saturated heterocycles. The van der Waals surface area contributed by atoms with Gasteiger partial charge < -0.3 is 18.7 Å². The maximum atomic E-state index is 13.2. The number of rotatable bonds is 8. The van der Waals surface area contributed by atoms with Crippen LogP contribution in [-0.4, -0.2) is 45.1 Å². The fourth-order valence-corrected chi connectivity index (χ4v) is 4.61. The van der Waals surface area contributed by atoms with Crippen molar-refractivity contribution in [1.82, 2.24) is 15.4 Å². The number of aromatic nitrogens is 3. The number of nitrogens with zero attached hydrogens (tertiary/aromatic N) is 2. The van der Waals surface area contributed by atoms with Gasteiger partial charge in [-0.05, 0) is 35.9 Å². The molecule has 0 bridgehead atoms. The van der Waals surface area contributed by atoms with Crippen LogP contribution in [0.15, 0.2) is 52.0 Å². The quantitative estimate of drug-likeness (QED) is 0.424. The average molecular weight is 444 g/mol. The number of anilines is 1. The molecule has 0 saturated carbocycles. The van der Waals surface area contributed by atoms with Gasteiger partial charge in [-0.3, -0.25) is 9.82 Å². The Balaban J connectivity index is 1.76. The van der Waals surface area contributed by atoms with Crippen LogP contribution in [0.5, 0.6) is 17.2 Å². The highest BCUT2D eigenvalue weighted by atomic mass is 32.2. The van der Waals surface area contributed by atoms with E-state index in [0.29, 0.717) is 23.1 Å². The zero-order valence-electron chi connectivity index (χ0n) is 17.0. The van der Waals surface area contributed by atoms with Gasteiger partial charge in [0.1, 0.15) is 22.6 Å². The Morgan fingerprint density at radius 1 is 1.03 bits per heavy atom. The summed E-state index contributed by atoms with van der Waals surface area (Å²) in [7, 11) is 0.116. The van der Waals surface area contributed by atoms with Gasteiger partial charge in [0, 0.05) is 12.6 Å². The SMILES string of the molecule is COc1cccc(OC)c1S(=O)(=O)Nc1noc2cc(Cc3cc[nH]n3)cc(OC)c12. The van der Waals surface area contributed by atoms with Crippen molar-refractivity contribution in [2.45, 2.75) is 11.3 Å². The largest absolute Gasteiger partial charge is 0.496 e. The molecular formula is C20H20N4O6S. The number of sulfonamides is 1. The van der Waals surface area contributed by atoms with Crippen molar-refractivity contribution in [3.05, 3.63) is 53.9 Å². The lowest BCUT2D eigenvalue weighted by molar-refractivity contribution is 0.373. The highest BCUT2D eigenvalue weighted by Crippen LogP contribution is 2.38. The Labute approximate surface area is 178 Å². The van der Waals surface area contributed by atoms with E-state index in [-0.39, 0.29) is 22.2 Å². The molecule has 0 amide bonds. The summed E-state index contributed by atoms with van der Waals surface area (Å²) in [5.74, 6) is 0.668. The molecule has 10 nitrogen and oxygen atoms in total. The molecule has 0 radical (unpaired) electrons. The second-order valence-corrected chi connectivity index (χ2v) is 8.16. The van der Waals surface area contributed by atoms with Crippen LogP contribution in [0.1, 0.15) is 11.3 Å². The van der Waals surface area contributed by atoms with Gasteiger partial charge >= 0.3 is 0 Å². The van der Waals surface area contributed by atoms with E-state index < -0.39 is 10.0 Å². The summed E-state index contributed by atoms with van der Waals surface area (Å²) < 4.78 is 50.1. The van der Waals surface area contributed by atoms with Crippen LogP contribution in [-0.2, 0) is 16.4 Å². The molecule has 0 aliphatic rings. The number of benzene rings is 2. The predicted molar refractivity (Wildman–Crippen MR) is 112 cm³/mol. The van der Waals surface area contributed by atoms with E-state index in [2.05, 4.69) is 20.1 Å². The van der Waals surface area contributed by atoms with Crippen LogP contribution in [0.3, 0.4) is 0 Å². The minimum Gasteiger partial charge on any atom is -0.496 e. The highest BCUT2D eigenvalue weighted by molar-refractivity contribution is 7.93. The van der Waals surface area contributed by atoms with E-state index in [9.17, 15) is 8.42 Å². The van der Waals surface area contributed by atoms with E-state index in [1.807, 2.05) is 6.07 Å². The molecule has 0 fully saturated rings. The Morgan fingerprint density at radius 3 is 2.35 bits per heavy atom. The number of H-pyrrole nitrogens is 1. The van der Waals surface area contributed by atoms with Gasteiger partial charge in [0.05, 0.1) is 27.0 Å². The van der Waals surface area contributed by atoms with Crippen molar-refractivity contribution in [1.29, 1.82) is 0 Å². The van der Waals surface area contributed by atoms with E-state index in [4.69, 9.17) is 18.7 Å². The maximum absolute atomic E-state index is 13.2. The molecule has 2 aromatic carbocycles. The first kappa shape index (κ1) is 20.5. The molecule has 2 heterocycles. The Morgan fingerprint density at radius 2 is 1.74 bits per heavy atom. The maximum Gasteiger partial charge on any atom is 0.270 e. The first-order chi connectivity index (χ1) is 15.0. The van der Waals surface area contributed by atoms with Crippen LogP contribution in [0.2, 0.25) is 0 Å². The summed E-state index contributed by atoms with van der Waals surface area (Å²) in [6, 6.07) is 10.1. The number of nitrogens with one attached hydrogen (secondary N) is 2. The van der Waals surface area contributed by atoms with E-state index in [1.165, 1.54) is 33.5 Å². The van der Waals surface area contributed by atoms with Crippen molar-refractivity contribution in [2.75, 3.05) is 26.1 Å². The van der Waals surface area contributed by atoms with Gasteiger partial charge in [0.2, 0.25) is 0 Å². The molecule has 31 heavy (non-hydrogen) atoms. The molecule has 2 aromatic heterocycles. The van der Waals surface area contributed by atoms with Gasteiger partial charge in [0.25, 0.3) is 10.0 Å². The number of fused-ring (bicyclic) bond motifs is 1. The molecule has 162 valence electrons. The number of hydrogen-bond donors (Lipinski definition) is 2. The zero-order valence-corrected chi connectivity index (χ0v) is 17.8. The third kappa shape index (κ3) is 3.87. The summed E-state index contributed by atoms with van der Waals surface area (Å²) >= 11 is 0. The van der Waals surface area contributed by atoms with Crippen LogP contribution < -0.4 is 18.9 Å². The normalized spacial score (nSPS) is 11.5. The fourth-order valence-electron chi connectivity index (χ4n) is 3.28. The first-order valence-corrected chi connectivity index (χ1v) is 10.6. The van der Waals surface area contributed by atoms with Crippen molar-refractivity contribution in [2.24, 2.45) is 0 Å². The second-order valence-electron chi connectivity index (χ2n) is 6.54. The summed E-state index contributed by atoms with van der Waals surface area (Å²) in [5, 5.41) is 11.2. The van der Waals surface area contributed by atoms with Crippen LogP contribution in [0.4, 0.5) is 5.82 Å². The molecular weight excluding hydrogens is 424 g/mol. The van der Waals surface area contributed by atoms with Gasteiger partial charge in [-0.2, -0.15) is 5.10 Å². The monoisotopic (exact) mass is 444 g/mol. The molecule has 0 unspecified atom stereocenters. The number of aromatic amines is 1. The molecule has 0 atom stereocenters. The van der Waals surface area contributed by atoms with E-state index in [0.717, 1.165) is 11.3 Å². The van der Waals surface area contributed by atoms with Crippen molar-refractivity contribution in [3.8, 4) is 17.2 Å². The lowest BCUT2D eigenvalue weighted by atomic mass is 10.1. The summed E-state index contributed by atoms with van der Waals surface area (Å²) in [5.41, 5.74) is 2.08. The summed E-state index contributed by atoms with van der Waals surface area (Å²) in [6.45, 7) is 0. The molecule has 4 rings (SSSR count). The van der Waals surface area contributed by atoms with Crippen molar-refractivity contribution >= 4 is 26.8 Å². The van der Waals surface area contributed by atoms with Gasteiger partial charge in [-0.1, -0.05) is 11.2 Å². The molecule has 0 aliphatic carbocycles. The molecule has 4 aromatic rings. The van der Waals surface area contributed by atoms with Crippen LogP contribution in [0, 0.1) is 0 Å². The topological polar surface area (TPSA) is 129 Å². The molecule has 11 heteroatoms. The number of ether oxygens (including phenoxy) is 3. The Hall–Kier alpha value is -3.73. The van der Waals surface area contributed by atoms with Crippen molar-refractivity contribution in [3.63, 3.8) is 0 Å². The van der Waals surface area contributed by atoms with Crippen LogP contribution >= 0.6 is 0 Å². The summed E-state index contributed by atoms with van der Waals surface area (Å²) in [6.07, 6.45) is 2.27. The third-order valence-corrected chi connectivity index (χ3v) is 6.05. The van der Waals surface area contributed by atoms with Crippen molar-refractivity contribution < 1.29 is 27.2 Å². The lowest BCUT2D eigenvalue weighted by Crippen LogP contribution is -2.15. The van der Waals surface area contributed by atoms with E-state index >= 15 is 0 Å². The second kappa shape index (κ2) is 8.19. The van der Waals surface area contributed by atoms with Gasteiger partial charge in [0.15, 0.2) is 16.3 Å². The molecule has 0 spiro atoms. The standard InChI is InChI=1S/C20H20N4O6S/c1-27-14-5-4-6-15(28-2)19(14)31(25,26)24-20-18-16(29-3)10-12(11-17(18)30-23-20)9-13-7-8-21-22-13/h4-8,10-11H,9H2,1-3H3,(H,21,22)(H,23,24). The minimum atomic E-state index is -4.13. The Kier molecular flexibility index (Phi) is 5.42. The molecule has 2 N–H and O–H groups in total. The van der Waals surface area contributed by atoms with Gasteiger partial charge in [-0.15, -0.1) is 0 Å². The summed E-state index contributed by atoms with van der Waals surface area (Å²) in [4.78, 5) is -0.148. The average Bonchev–Trinajstić information content (AvgIpc) is 3.42. The van der Waals surface area contributed by atoms with Gasteiger partial charge in [-0.25, -0.2) is 8.42 Å². The number of hydrogen-bond acceptors (Lipinski definition) is 8. The van der Waals surface area contributed by atoms with Crippen LogP contribution in [0.25, 0.3) is 11.0 Å². The minimum absolute atomic E-state index is 0.00821. The van der Waals surface area contributed by atoms with E-state index in [1.54, 1.807) is 24.4 Å². The lowest BCUT2D eigenvalue weighted by Gasteiger charge is -2.14. The zero-order chi connectivity index (χ0) is 22.0. The molecule has 0 aliphatic heterocycles. The number of methoxy groups -OCH3 is 3. The Bertz CT molecular complexity index is 1290. The predicted octanol–water partition coefficient (Wildman–Crippen LogP) is 2.97. The highest BCUT2D eigenvalue weighted by Gasteiger charge is 2.28.